The minimum absolute atomic E-state index is 0.0999. The summed E-state index contributed by atoms with van der Waals surface area (Å²) in [4.78, 5) is 13.5. The molecule has 0 N–H and O–H groups in total. The van der Waals surface area contributed by atoms with Gasteiger partial charge in [-0.05, 0) is 49.1 Å². The zero-order valence-corrected chi connectivity index (χ0v) is 13.1. The van der Waals surface area contributed by atoms with Gasteiger partial charge in [0.2, 0.25) is 5.91 Å². The van der Waals surface area contributed by atoms with Crippen molar-refractivity contribution in [1.82, 2.24) is 4.90 Å². The molecule has 122 valence electrons. The molecule has 1 amide bonds. The van der Waals surface area contributed by atoms with Gasteiger partial charge in [0.05, 0.1) is 11.6 Å². The number of carbonyl (C=O) groups is 1. The van der Waals surface area contributed by atoms with Gasteiger partial charge >= 0.3 is 6.18 Å². The molecule has 1 saturated carbocycles. The van der Waals surface area contributed by atoms with Gasteiger partial charge in [-0.2, -0.15) is 18.4 Å². The number of hydrogen-bond donors (Lipinski definition) is 0. The molecule has 0 bridgehead atoms. The van der Waals surface area contributed by atoms with Crippen molar-refractivity contribution in [3.63, 3.8) is 0 Å². The van der Waals surface area contributed by atoms with Crippen LogP contribution in [0.5, 0.6) is 0 Å². The van der Waals surface area contributed by atoms with Crippen molar-refractivity contribution in [2.24, 2.45) is 0 Å². The molecule has 23 heavy (non-hydrogen) atoms. The summed E-state index contributed by atoms with van der Waals surface area (Å²) in [6.07, 6.45) is -0.0359. The molecule has 1 fully saturated rings. The van der Waals surface area contributed by atoms with E-state index in [2.05, 4.69) is 6.07 Å². The maximum Gasteiger partial charge on any atom is 0.416 e. The van der Waals surface area contributed by atoms with Crippen LogP contribution >= 0.6 is 11.6 Å². The van der Waals surface area contributed by atoms with Crippen molar-refractivity contribution in [2.45, 2.75) is 31.0 Å². The van der Waals surface area contributed by atoms with Gasteiger partial charge in [0, 0.05) is 18.1 Å². The molecule has 2 rings (SSSR count). The fourth-order valence-electron chi connectivity index (χ4n) is 2.37. The van der Waals surface area contributed by atoms with E-state index < -0.39 is 23.2 Å². The first-order valence-corrected chi connectivity index (χ1v) is 7.31. The van der Waals surface area contributed by atoms with E-state index in [1.165, 1.54) is 18.0 Å². The number of carbonyl (C=O) groups excluding carboxylic acids is 1. The maximum absolute atomic E-state index is 12.7. The largest absolute Gasteiger partial charge is 0.416 e. The number of alkyl halides is 3. The Morgan fingerprint density at radius 1 is 1.43 bits per heavy atom. The van der Waals surface area contributed by atoms with Crippen molar-refractivity contribution in [3.8, 4) is 6.07 Å². The van der Waals surface area contributed by atoms with Crippen LogP contribution in [0, 0.1) is 11.3 Å². The Bertz CT molecular complexity index is 688. The lowest BCUT2D eigenvalue weighted by atomic mass is 9.76. The summed E-state index contributed by atoms with van der Waals surface area (Å²) in [5.41, 5.74) is -1.54. The molecule has 7 heteroatoms. The summed E-state index contributed by atoms with van der Waals surface area (Å²) < 4.78 is 38.1. The molecule has 0 radical (unpaired) electrons. The number of hydrogen-bond acceptors (Lipinski definition) is 2. The highest BCUT2D eigenvalue weighted by molar-refractivity contribution is 6.32. The van der Waals surface area contributed by atoms with E-state index in [1.54, 1.807) is 0 Å². The van der Waals surface area contributed by atoms with Gasteiger partial charge in [0.1, 0.15) is 5.54 Å². The number of halogens is 4. The summed E-state index contributed by atoms with van der Waals surface area (Å²) in [6, 6.07) is 5.04. The minimum atomic E-state index is -4.48. The first kappa shape index (κ1) is 17.4. The van der Waals surface area contributed by atoms with Crippen LogP contribution in [0.15, 0.2) is 24.3 Å². The van der Waals surface area contributed by atoms with Crippen molar-refractivity contribution in [1.29, 1.82) is 5.26 Å². The topological polar surface area (TPSA) is 44.1 Å². The highest BCUT2D eigenvalue weighted by Crippen LogP contribution is 2.36. The van der Waals surface area contributed by atoms with Crippen LogP contribution in [0.3, 0.4) is 0 Å². The number of amides is 1. The number of likely N-dealkylation sites (N-methyl/N-ethyl adjacent to an activating group) is 1. The number of nitrogens with zero attached hydrogens (tertiary/aromatic N) is 2. The molecule has 0 aliphatic heterocycles. The fraction of sp³-hybridized carbons (Fsp3) is 0.375. The van der Waals surface area contributed by atoms with Gasteiger partial charge < -0.3 is 4.90 Å². The van der Waals surface area contributed by atoms with Crippen LogP contribution in [-0.2, 0) is 11.0 Å². The van der Waals surface area contributed by atoms with E-state index in [9.17, 15) is 23.2 Å². The Kier molecular flexibility index (Phi) is 4.71. The molecule has 0 heterocycles. The summed E-state index contributed by atoms with van der Waals surface area (Å²) in [5, 5.41) is 9.31. The molecule has 1 aliphatic carbocycles. The van der Waals surface area contributed by atoms with Gasteiger partial charge in [-0.15, -0.1) is 0 Å². The lowest BCUT2D eigenvalue weighted by molar-refractivity contribution is -0.137. The van der Waals surface area contributed by atoms with Crippen molar-refractivity contribution >= 4 is 23.6 Å². The minimum Gasteiger partial charge on any atom is -0.323 e. The summed E-state index contributed by atoms with van der Waals surface area (Å²) in [6.45, 7) is 0. The highest BCUT2D eigenvalue weighted by atomic mass is 35.5. The quantitative estimate of drug-likeness (QED) is 0.770. The maximum atomic E-state index is 12.7. The Balaban J connectivity index is 2.20. The molecular formula is C16H14ClF3N2O. The number of rotatable bonds is 3. The molecule has 0 aromatic heterocycles. The van der Waals surface area contributed by atoms with Gasteiger partial charge in [-0.3, -0.25) is 4.79 Å². The van der Waals surface area contributed by atoms with Crippen LogP contribution in [0.1, 0.15) is 30.4 Å². The van der Waals surface area contributed by atoms with Crippen LogP contribution in [0.25, 0.3) is 6.08 Å². The van der Waals surface area contributed by atoms with Crippen molar-refractivity contribution < 1.29 is 18.0 Å². The second kappa shape index (κ2) is 6.25. The van der Waals surface area contributed by atoms with Crippen LogP contribution in [-0.4, -0.2) is 23.4 Å². The lowest BCUT2D eigenvalue weighted by Crippen LogP contribution is -2.52. The lowest BCUT2D eigenvalue weighted by Gasteiger charge is -2.42. The molecule has 0 unspecified atom stereocenters. The van der Waals surface area contributed by atoms with Crippen LogP contribution in [0.4, 0.5) is 13.2 Å². The molecular weight excluding hydrogens is 329 g/mol. The zero-order chi connectivity index (χ0) is 17.3. The predicted octanol–water partition coefficient (Wildman–Crippen LogP) is 4.28. The Morgan fingerprint density at radius 2 is 2.09 bits per heavy atom. The smallest absolute Gasteiger partial charge is 0.323 e. The van der Waals surface area contributed by atoms with Crippen LogP contribution < -0.4 is 0 Å². The monoisotopic (exact) mass is 342 g/mol. The predicted molar refractivity (Wildman–Crippen MR) is 80.5 cm³/mol. The van der Waals surface area contributed by atoms with Gasteiger partial charge in [0.25, 0.3) is 0 Å². The molecule has 1 aromatic carbocycles. The summed E-state index contributed by atoms with van der Waals surface area (Å²) >= 11 is 5.87. The Hall–Kier alpha value is -2.00. The van der Waals surface area contributed by atoms with Gasteiger partial charge in [-0.1, -0.05) is 11.6 Å². The molecule has 0 atom stereocenters. The Morgan fingerprint density at radius 3 is 2.57 bits per heavy atom. The van der Waals surface area contributed by atoms with Crippen molar-refractivity contribution in [2.75, 3.05) is 7.05 Å². The summed E-state index contributed by atoms with van der Waals surface area (Å²) in [5.74, 6) is -0.445. The highest BCUT2D eigenvalue weighted by Gasteiger charge is 2.42. The molecule has 1 aliphatic rings. The van der Waals surface area contributed by atoms with E-state index in [4.69, 9.17) is 11.6 Å². The Labute approximate surface area is 136 Å². The first-order valence-electron chi connectivity index (χ1n) is 6.93. The molecule has 0 spiro atoms. The standard InChI is InChI=1S/C16H14ClF3N2O/c1-22(15(10-21)7-2-8-15)14(23)6-3-11-9-12(16(18,19)20)4-5-13(11)17/h3-6,9H,2,7-8H2,1H3/b6-3+. The third-order valence-electron chi connectivity index (χ3n) is 4.09. The van der Waals surface area contributed by atoms with E-state index in [-0.39, 0.29) is 10.6 Å². The van der Waals surface area contributed by atoms with E-state index in [0.29, 0.717) is 12.8 Å². The third-order valence-corrected chi connectivity index (χ3v) is 4.43. The van der Waals surface area contributed by atoms with Gasteiger partial charge in [0.15, 0.2) is 0 Å². The molecule has 0 saturated heterocycles. The fourth-order valence-corrected chi connectivity index (χ4v) is 2.55. The van der Waals surface area contributed by atoms with Crippen LogP contribution in [0.2, 0.25) is 5.02 Å². The van der Waals surface area contributed by atoms with Crippen molar-refractivity contribution in [3.05, 3.63) is 40.4 Å². The normalized spacial score (nSPS) is 16.7. The van der Waals surface area contributed by atoms with Gasteiger partial charge in [-0.25, -0.2) is 0 Å². The van der Waals surface area contributed by atoms with E-state index in [0.717, 1.165) is 30.7 Å². The SMILES string of the molecule is CN(C(=O)/C=C/c1cc(C(F)(F)F)ccc1Cl)C1(C#N)CCC1. The average Bonchev–Trinajstić information content (AvgIpc) is 2.44. The zero-order valence-electron chi connectivity index (χ0n) is 12.3. The number of benzene rings is 1. The summed E-state index contributed by atoms with van der Waals surface area (Å²) in [7, 11) is 1.52. The first-order chi connectivity index (χ1) is 10.7. The number of nitriles is 1. The average molecular weight is 343 g/mol. The second-order valence-corrected chi connectivity index (χ2v) is 5.87. The van der Waals surface area contributed by atoms with E-state index >= 15 is 0 Å². The second-order valence-electron chi connectivity index (χ2n) is 5.46. The van der Waals surface area contributed by atoms with E-state index in [1.807, 2.05) is 0 Å². The third kappa shape index (κ3) is 3.50. The molecule has 1 aromatic rings. The molecule has 3 nitrogen and oxygen atoms in total.